The van der Waals surface area contributed by atoms with E-state index in [1.165, 1.54) is 23.8 Å². The van der Waals surface area contributed by atoms with Gasteiger partial charge in [0.2, 0.25) is 11.9 Å². The average Bonchev–Trinajstić information content (AvgIpc) is 3.34. The molecule has 1 aliphatic heterocycles. The first-order chi connectivity index (χ1) is 13.4. The first kappa shape index (κ1) is 18.4. The van der Waals surface area contributed by atoms with Gasteiger partial charge in [0, 0.05) is 24.8 Å². The predicted octanol–water partition coefficient (Wildman–Crippen LogP) is 3.19. The van der Waals surface area contributed by atoms with Crippen LogP contribution in [-0.2, 0) is 4.79 Å². The Morgan fingerprint density at radius 3 is 3.04 bits per heavy atom. The normalized spacial score (nSPS) is 19.2. The number of nitrogens with zero attached hydrogens (tertiary/aromatic N) is 4. The van der Waals surface area contributed by atoms with E-state index in [9.17, 15) is 9.18 Å². The van der Waals surface area contributed by atoms with Crippen LogP contribution < -0.4 is 10.6 Å². The number of rotatable bonds is 5. The monoisotopic (exact) mass is 401 g/mol. The molecule has 8 nitrogen and oxygen atoms in total. The number of H-pyrrole nitrogens is 1. The summed E-state index contributed by atoms with van der Waals surface area (Å²) in [5, 5.41) is 7.50. The molecule has 1 aliphatic rings. The first-order valence-corrected chi connectivity index (χ1v) is 9.66. The van der Waals surface area contributed by atoms with E-state index in [0.29, 0.717) is 29.3 Å². The highest BCUT2D eigenvalue weighted by Gasteiger charge is 2.32. The molecule has 3 aromatic rings. The summed E-state index contributed by atoms with van der Waals surface area (Å²) in [4.78, 5) is 25.4. The molecular weight excluding hydrogens is 381 g/mol. The number of fused-ring (bicyclic) bond motifs is 1. The lowest BCUT2D eigenvalue weighted by molar-refractivity contribution is -0.126. The van der Waals surface area contributed by atoms with Crippen LogP contribution in [0, 0.1) is 12.7 Å². The van der Waals surface area contributed by atoms with Crippen LogP contribution in [-0.4, -0.2) is 48.8 Å². The maximum atomic E-state index is 14.3. The Morgan fingerprint density at radius 2 is 2.32 bits per heavy atom. The van der Waals surface area contributed by atoms with Gasteiger partial charge in [-0.05, 0) is 43.9 Å². The van der Waals surface area contributed by atoms with Crippen molar-refractivity contribution in [1.82, 2.24) is 24.2 Å². The SMILES string of the molecule is C=CC(=O)N1C[C@H](Nc2nc(Nc3cc(C)ns3)nc3[nH]cc(F)c23)C[C@@H]1C. The predicted molar refractivity (Wildman–Crippen MR) is 107 cm³/mol. The van der Waals surface area contributed by atoms with Gasteiger partial charge in [0.05, 0.1) is 11.1 Å². The molecule has 0 unspecified atom stereocenters. The van der Waals surface area contributed by atoms with Crippen molar-refractivity contribution in [1.29, 1.82) is 0 Å². The first-order valence-electron chi connectivity index (χ1n) is 8.89. The molecule has 0 aromatic carbocycles. The third-order valence-electron chi connectivity index (χ3n) is 4.72. The fourth-order valence-corrected chi connectivity index (χ4v) is 4.10. The van der Waals surface area contributed by atoms with Gasteiger partial charge in [-0.1, -0.05) is 6.58 Å². The number of anilines is 3. The topological polar surface area (TPSA) is 98.8 Å². The molecule has 0 aliphatic carbocycles. The second kappa shape index (κ2) is 7.19. The summed E-state index contributed by atoms with van der Waals surface area (Å²) in [6.45, 7) is 7.93. The molecular formula is C18H20FN7OS. The van der Waals surface area contributed by atoms with Crippen LogP contribution >= 0.6 is 11.5 Å². The van der Waals surface area contributed by atoms with Gasteiger partial charge >= 0.3 is 0 Å². The van der Waals surface area contributed by atoms with Gasteiger partial charge in [0.15, 0.2) is 5.82 Å². The summed E-state index contributed by atoms with van der Waals surface area (Å²) in [7, 11) is 0. The van der Waals surface area contributed by atoms with Crippen LogP contribution in [0.15, 0.2) is 24.9 Å². The Hall–Kier alpha value is -3.01. The van der Waals surface area contributed by atoms with Crippen molar-refractivity contribution in [3.05, 3.63) is 36.4 Å². The molecule has 4 rings (SSSR count). The quantitative estimate of drug-likeness (QED) is 0.568. The number of nitrogens with one attached hydrogen (secondary N) is 3. The van der Waals surface area contributed by atoms with Gasteiger partial charge in [-0.3, -0.25) is 4.79 Å². The number of carbonyl (C=O) groups is 1. The zero-order chi connectivity index (χ0) is 19.8. The summed E-state index contributed by atoms with van der Waals surface area (Å²) in [6.07, 6.45) is 3.30. The van der Waals surface area contributed by atoms with Crippen molar-refractivity contribution < 1.29 is 9.18 Å². The maximum absolute atomic E-state index is 14.3. The molecule has 3 N–H and O–H groups in total. The standard InChI is InChI=1S/C18H20FN7OS/c1-4-14(27)26-8-11(6-10(26)3)21-17-15-12(19)7-20-16(15)23-18(24-17)22-13-5-9(2)25-28-13/h4-5,7,10-11H,1,6,8H2,2-3H3,(H3,20,21,22,23,24)/t10-,11+/m0/s1. The molecule has 10 heteroatoms. The highest BCUT2D eigenvalue weighted by molar-refractivity contribution is 7.10. The van der Waals surface area contributed by atoms with E-state index in [4.69, 9.17) is 0 Å². The van der Waals surface area contributed by atoms with Crippen LogP contribution in [0.3, 0.4) is 0 Å². The second-order valence-electron chi connectivity index (χ2n) is 6.83. The largest absolute Gasteiger partial charge is 0.365 e. The highest BCUT2D eigenvalue weighted by atomic mass is 32.1. The number of aromatic nitrogens is 4. The molecule has 4 heterocycles. The van der Waals surface area contributed by atoms with Gasteiger partial charge in [0.1, 0.15) is 16.5 Å². The summed E-state index contributed by atoms with van der Waals surface area (Å²) in [5.41, 5.74) is 1.29. The Bertz CT molecular complexity index is 1050. The van der Waals surface area contributed by atoms with Crippen LogP contribution in [0.4, 0.5) is 21.2 Å². The maximum Gasteiger partial charge on any atom is 0.246 e. The van der Waals surface area contributed by atoms with Crippen molar-refractivity contribution in [2.45, 2.75) is 32.4 Å². The van der Waals surface area contributed by atoms with Gasteiger partial charge in [-0.15, -0.1) is 0 Å². The molecule has 0 spiro atoms. The van der Waals surface area contributed by atoms with E-state index in [2.05, 4.69) is 36.5 Å². The molecule has 146 valence electrons. The number of hydrogen-bond acceptors (Lipinski definition) is 7. The average molecular weight is 401 g/mol. The number of carbonyl (C=O) groups excluding carboxylic acids is 1. The highest BCUT2D eigenvalue weighted by Crippen LogP contribution is 2.29. The minimum absolute atomic E-state index is 0.0511. The van der Waals surface area contributed by atoms with E-state index in [1.54, 1.807) is 4.90 Å². The summed E-state index contributed by atoms with van der Waals surface area (Å²) < 4.78 is 18.5. The molecule has 28 heavy (non-hydrogen) atoms. The Morgan fingerprint density at radius 1 is 1.50 bits per heavy atom. The Kier molecular flexibility index (Phi) is 4.71. The van der Waals surface area contributed by atoms with Crippen molar-refractivity contribution in [3.63, 3.8) is 0 Å². The minimum Gasteiger partial charge on any atom is -0.365 e. The van der Waals surface area contributed by atoms with Crippen molar-refractivity contribution in [3.8, 4) is 0 Å². The summed E-state index contributed by atoms with van der Waals surface area (Å²) in [5.74, 6) is 0.186. The smallest absolute Gasteiger partial charge is 0.246 e. The van der Waals surface area contributed by atoms with Crippen LogP contribution in [0.2, 0.25) is 0 Å². The van der Waals surface area contributed by atoms with Crippen LogP contribution in [0.1, 0.15) is 19.0 Å². The fourth-order valence-electron chi connectivity index (χ4n) is 3.44. The molecule has 0 radical (unpaired) electrons. The number of likely N-dealkylation sites (tertiary alicyclic amines) is 1. The Labute approximate surface area is 165 Å². The van der Waals surface area contributed by atoms with E-state index in [1.807, 2.05) is 19.9 Å². The lowest BCUT2D eigenvalue weighted by Crippen LogP contribution is -2.33. The molecule has 0 saturated carbocycles. The van der Waals surface area contributed by atoms with E-state index in [-0.39, 0.29) is 18.0 Å². The third-order valence-corrected chi connectivity index (χ3v) is 5.52. The van der Waals surface area contributed by atoms with Gasteiger partial charge in [-0.25, -0.2) is 4.39 Å². The van der Waals surface area contributed by atoms with E-state index < -0.39 is 5.82 Å². The molecule has 1 saturated heterocycles. The number of hydrogen-bond donors (Lipinski definition) is 3. The summed E-state index contributed by atoms with van der Waals surface area (Å²) >= 11 is 1.30. The lowest BCUT2D eigenvalue weighted by Gasteiger charge is -2.19. The third kappa shape index (κ3) is 3.42. The number of aromatic amines is 1. The van der Waals surface area contributed by atoms with Gasteiger partial charge in [0.25, 0.3) is 0 Å². The van der Waals surface area contributed by atoms with Crippen molar-refractivity contribution in [2.24, 2.45) is 0 Å². The van der Waals surface area contributed by atoms with Gasteiger partial charge in [-0.2, -0.15) is 14.3 Å². The molecule has 1 amide bonds. The van der Waals surface area contributed by atoms with Crippen molar-refractivity contribution >= 4 is 45.2 Å². The molecule has 1 fully saturated rings. The zero-order valence-corrected chi connectivity index (χ0v) is 16.3. The second-order valence-corrected chi connectivity index (χ2v) is 7.64. The Balaban J connectivity index is 1.63. The molecule has 0 bridgehead atoms. The summed E-state index contributed by atoms with van der Waals surface area (Å²) in [6, 6.07) is 1.90. The fraction of sp³-hybridized carbons (Fsp3) is 0.333. The van der Waals surface area contributed by atoms with Crippen LogP contribution in [0.25, 0.3) is 11.0 Å². The van der Waals surface area contributed by atoms with Crippen LogP contribution in [0.5, 0.6) is 0 Å². The molecule has 3 aromatic heterocycles. The number of aryl methyl sites for hydroxylation is 1. The van der Waals surface area contributed by atoms with Gasteiger partial charge < -0.3 is 20.5 Å². The van der Waals surface area contributed by atoms with E-state index in [0.717, 1.165) is 17.1 Å². The molecule has 2 atom stereocenters. The number of amides is 1. The zero-order valence-electron chi connectivity index (χ0n) is 15.5. The number of halogens is 1. The lowest BCUT2D eigenvalue weighted by atomic mass is 10.2. The van der Waals surface area contributed by atoms with E-state index >= 15 is 0 Å². The minimum atomic E-state index is -0.428. The van der Waals surface area contributed by atoms with Crippen molar-refractivity contribution in [2.75, 3.05) is 17.2 Å².